The van der Waals surface area contributed by atoms with Crippen LogP contribution in [0.5, 0.6) is 0 Å². The zero-order valence-corrected chi connectivity index (χ0v) is 13.3. The highest BCUT2D eigenvalue weighted by atomic mass is 16.5. The number of hydrogen-bond acceptors (Lipinski definition) is 3. The molecule has 0 aromatic rings. The summed E-state index contributed by atoms with van der Waals surface area (Å²) >= 11 is 0. The molecule has 0 radical (unpaired) electrons. The molecule has 21 heavy (non-hydrogen) atoms. The van der Waals surface area contributed by atoms with E-state index < -0.39 is 11.1 Å². The number of carbonyl (C=O) groups excluding carboxylic acids is 2. The van der Waals surface area contributed by atoms with Crippen molar-refractivity contribution in [3.8, 4) is 0 Å². The van der Waals surface area contributed by atoms with Crippen molar-refractivity contribution in [2.24, 2.45) is 11.8 Å². The molecule has 0 aromatic carbocycles. The number of nitrogens with one attached hydrogen (secondary N) is 1. The van der Waals surface area contributed by atoms with Gasteiger partial charge in [0.1, 0.15) is 11.1 Å². The Morgan fingerprint density at radius 2 is 1.76 bits per heavy atom. The van der Waals surface area contributed by atoms with Gasteiger partial charge in [-0.05, 0) is 58.3 Å². The number of ether oxygens (including phenoxy) is 1. The summed E-state index contributed by atoms with van der Waals surface area (Å²) in [5.41, 5.74) is -1.46. The molecule has 0 bridgehead atoms. The van der Waals surface area contributed by atoms with Gasteiger partial charge < -0.3 is 15.0 Å². The third-order valence-electron chi connectivity index (χ3n) is 5.47. The van der Waals surface area contributed by atoms with Gasteiger partial charge in [-0.3, -0.25) is 9.59 Å². The number of hydrogen-bond donors (Lipinski definition) is 1. The Hall–Kier alpha value is -1.10. The Labute approximate surface area is 126 Å². The summed E-state index contributed by atoms with van der Waals surface area (Å²) in [6.45, 7) is 7.80. The summed E-state index contributed by atoms with van der Waals surface area (Å²) in [7, 11) is 0. The average Bonchev–Trinajstić information content (AvgIpc) is 3.28. The summed E-state index contributed by atoms with van der Waals surface area (Å²) in [5.74, 6) is 0.822. The van der Waals surface area contributed by atoms with Crippen LogP contribution in [-0.4, -0.2) is 47.6 Å². The van der Waals surface area contributed by atoms with Gasteiger partial charge in [0, 0.05) is 19.8 Å². The molecule has 0 aromatic heterocycles. The van der Waals surface area contributed by atoms with Crippen molar-refractivity contribution >= 4 is 11.8 Å². The third-order valence-corrected chi connectivity index (χ3v) is 5.47. The first kappa shape index (κ1) is 14.8. The van der Waals surface area contributed by atoms with Gasteiger partial charge in [-0.25, -0.2) is 0 Å². The highest BCUT2D eigenvalue weighted by Gasteiger charge is 2.58. The first-order valence-corrected chi connectivity index (χ1v) is 8.08. The van der Waals surface area contributed by atoms with E-state index in [1.165, 1.54) is 0 Å². The molecule has 2 aliphatic heterocycles. The molecule has 0 spiro atoms. The van der Waals surface area contributed by atoms with Gasteiger partial charge in [0.15, 0.2) is 0 Å². The minimum Gasteiger partial charge on any atom is -0.381 e. The molecular formula is C16H26N2O3. The van der Waals surface area contributed by atoms with Crippen LogP contribution in [0, 0.1) is 11.8 Å². The minimum absolute atomic E-state index is 0.0245. The van der Waals surface area contributed by atoms with Gasteiger partial charge in [-0.1, -0.05) is 0 Å². The maximum Gasteiger partial charge on any atom is 0.249 e. The predicted octanol–water partition coefficient (Wildman–Crippen LogP) is 1.32. The molecule has 5 heteroatoms. The molecule has 1 unspecified atom stereocenters. The van der Waals surface area contributed by atoms with Crippen molar-refractivity contribution in [1.82, 2.24) is 10.2 Å². The van der Waals surface area contributed by atoms with E-state index in [2.05, 4.69) is 5.32 Å². The lowest BCUT2D eigenvalue weighted by Gasteiger charge is -2.50. The van der Waals surface area contributed by atoms with Crippen LogP contribution in [0.3, 0.4) is 0 Å². The first-order valence-electron chi connectivity index (χ1n) is 8.08. The molecule has 1 atom stereocenters. The second-order valence-corrected chi connectivity index (χ2v) is 7.46. The maximum absolute atomic E-state index is 13.0. The largest absolute Gasteiger partial charge is 0.381 e. The topological polar surface area (TPSA) is 58.6 Å². The molecule has 5 nitrogen and oxygen atoms in total. The maximum atomic E-state index is 13.0. The van der Waals surface area contributed by atoms with Crippen molar-refractivity contribution in [3.05, 3.63) is 0 Å². The number of piperazine rings is 1. The SMILES string of the molecule is CC1(C2CC2)NC(=O)C(C)(C)N(CC2CCOCC2)C1=O. The van der Waals surface area contributed by atoms with E-state index in [0.717, 1.165) is 38.9 Å². The van der Waals surface area contributed by atoms with Crippen molar-refractivity contribution < 1.29 is 14.3 Å². The van der Waals surface area contributed by atoms with Crippen LogP contribution in [0.1, 0.15) is 46.5 Å². The van der Waals surface area contributed by atoms with E-state index in [0.29, 0.717) is 18.4 Å². The zero-order valence-electron chi connectivity index (χ0n) is 13.3. The number of amides is 2. The van der Waals surface area contributed by atoms with Crippen molar-refractivity contribution in [1.29, 1.82) is 0 Å². The summed E-state index contributed by atoms with van der Waals surface area (Å²) in [4.78, 5) is 27.4. The molecule has 2 saturated heterocycles. The highest BCUT2D eigenvalue weighted by Crippen LogP contribution is 2.43. The van der Waals surface area contributed by atoms with E-state index >= 15 is 0 Å². The lowest BCUT2D eigenvalue weighted by molar-refractivity contribution is -0.162. The fourth-order valence-corrected chi connectivity index (χ4v) is 3.53. The lowest BCUT2D eigenvalue weighted by atomic mass is 9.83. The Kier molecular flexibility index (Phi) is 3.51. The average molecular weight is 294 g/mol. The summed E-state index contributed by atoms with van der Waals surface area (Å²) in [6, 6.07) is 0. The van der Waals surface area contributed by atoms with Gasteiger partial charge in [-0.2, -0.15) is 0 Å². The van der Waals surface area contributed by atoms with Crippen LogP contribution in [-0.2, 0) is 14.3 Å². The minimum atomic E-state index is -0.760. The molecule has 1 saturated carbocycles. The Bertz CT molecular complexity index is 452. The van der Waals surface area contributed by atoms with E-state index in [1.807, 2.05) is 25.7 Å². The zero-order chi connectivity index (χ0) is 15.3. The lowest BCUT2D eigenvalue weighted by Crippen LogP contribution is -2.74. The quantitative estimate of drug-likeness (QED) is 0.854. The molecular weight excluding hydrogens is 268 g/mol. The molecule has 3 fully saturated rings. The van der Waals surface area contributed by atoms with Crippen molar-refractivity contribution in [2.75, 3.05) is 19.8 Å². The summed E-state index contributed by atoms with van der Waals surface area (Å²) in [6.07, 6.45) is 4.02. The van der Waals surface area contributed by atoms with Crippen LogP contribution in [0.4, 0.5) is 0 Å². The van der Waals surface area contributed by atoms with Crippen LogP contribution in [0.25, 0.3) is 0 Å². The highest BCUT2D eigenvalue weighted by molar-refractivity contribution is 6.02. The molecule has 3 aliphatic rings. The van der Waals surface area contributed by atoms with Crippen LogP contribution < -0.4 is 5.32 Å². The fourth-order valence-electron chi connectivity index (χ4n) is 3.53. The van der Waals surface area contributed by atoms with E-state index in [1.54, 1.807) is 0 Å². The Morgan fingerprint density at radius 1 is 1.14 bits per heavy atom. The Morgan fingerprint density at radius 3 is 2.33 bits per heavy atom. The molecule has 1 N–H and O–H groups in total. The summed E-state index contributed by atoms with van der Waals surface area (Å²) in [5, 5.41) is 3.01. The second kappa shape index (κ2) is 4.97. The number of rotatable bonds is 3. The molecule has 1 aliphatic carbocycles. The Balaban J connectivity index is 1.82. The van der Waals surface area contributed by atoms with Gasteiger partial charge >= 0.3 is 0 Å². The van der Waals surface area contributed by atoms with E-state index in [-0.39, 0.29) is 11.8 Å². The summed E-state index contributed by atoms with van der Waals surface area (Å²) < 4.78 is 5.40. The normalized spacial score (nSPS) is 34.0. The van der Waals surface area contributed by atoms with E-state index in [9.17, 15) is 9.59 Å². The van der Waals surface area contributed by atoms with Gasteiger partial charge in [0.05, 0.1) is 0 Å². The van der Waals surface area contributed by atoms with Crippen molar-refractivity contribution in [3.63, 3.8) is 0 Å². The number of carbonyl (C=O) groups is 2. The monoisotopic (exact) mass is 294 g/mol. The standard InChI is InChI=1S/C16H26N2O3/c1-15(2)13(19)17-16(3,12-4-5-12)14(20)18(15)10-11-6-8-21-9-7-11/h11-12H,4-10H2,1-3H3,(H,17,19). The third kappa shape index (κ3) is 2.45. The second-order valence-electron chi connectivity index (χ2n) is 7.46. The fraction of sp³-hybridized carbons (Fsp3) is 0.875. The van der Waals surface area contributed by atoms with Gasteiger partial charge in [0.25, 0.3) is 0 Å². The van der Waals surface area contributed by atoms with Gasteiger partial charge in [-0.15, -0.1) is 0 Å². The van der Waals surface area contributed by atoms with E-state index in [4.69, 9.17) is 4.74 Å². The predicted molar refractivity (Wildman–Crippen MR) is 78.6 cm³/mol. The smallest absolute Gasteiger partial charge is 0.249 e. The first-order chi connectivity index (χ1) is 9.85. The van der Waals surface area contributed by atoms with Crippen LogP contribution in [0.2, 0.25) is 0 Å². The van der Waals surface area contributed by atoms with Crippen LogP contribution >= 0.6 is 0 Å². The van der Waals surface area contributed by atoms with Gasteiger partial charge in [0.2, 0.25) is 11.8 Å². The van der Waals surface area contributed by atoms with Crippen molar-refractivity contribution in [2.45, 2.75) is 57.5 Å². The molecule has 2 amide bonds. The number of nitrogens with zero attached hydrogens (tertiary/aromatic N) is 1. The van der Waals surface area contributed by atoms with Crippen LogP contribution in [0.15, 0.2) is 0 Å². The molecule has 118 valence electrons. The molecule has 2 heterocycles. The molecule has 3 rings (SSSR count).